The number of hydrogen-bond acceptors (Lipinski definition) is 2. The zero-order valence-electron chi connectivity index (χ0n) is 8.53. The second-order valence-corrected chi connectivity index (χ2v) is 4.01. The van der Waals surface area contributed by atoms with Crippen molar-refractivity contribution < 1.29 is 4.79 Å². The maximum absolute atomic E-state index is 11.1. The van der Waals surface area contributed by atoms with E-state index >= 15 is 0 Å². The van der Waals surface area contributed by atoms with Gasteiger partial charge in [-0.1, -0.05) is 35.0 Å². The van der Waals surface area contributed by atoms with Crippen LogP contribution in [0.4, 0.5) is 0 Å². The topological polar surface area (TPSA) is 41.5 Å². The van der Waals surface area contributed by atoms with Crippen molar-refractivity contribution >= 4 is 28.1 Å². The third-order valence-corrected chi connectivity index (χ3v) is 2.28. The number of nitrogens with one attached hydrogen (secondary N) is 1. The predicted molar refractivity (Wildman–Crippen MR) is 64.8 cm³/mol. The zero-order valence-corrected chi connectivity index (χ0v) is 10.1. The number of hydrazone groups is 1. The normalized spacial score (nSPS) is 10.5. The van der Waals surface area contributed by atoms with Crippen molar-refractivity contribution in [2.45, 2.75) is 19.8 Å². The molecule has 0 aliphatic carbocycles. The molecule has 1 rings (SSSR count). The molecular formula is C11H13BrN2O. The molecule has 0 bridgehead atoms. The Labute approximate surface area is 97.7 Å². The largest absolute Gasteiger partial charge is 0.273 e. The Hall–Kier alpha value is -1.16. The van der Waals surface area contributed by atoms with Gasteiger partial charge in [-0.2, -0.15) is 5.10 Å². The van der Waals surface area contributed by atoms with E-state index in [0.29, 0.717) is 6.42 Å². The summed E-state index contributed by atoms with van der Waals surface area (Å²) in [5.74, 6) is -0.0501. The molecule has 1 aromatic rings. The molecule has 0 heterocycles. The number of nitrogens with zero attached hydrogens (tertiary/aromatic N) is 1. The molecule has 1 N–H and O–H groups in total. The maximum atomic E-state index is 11.1. The monoisotopic (exact) mass is 268 g/mol. The lowest BCUT2D eigenvalue weighted by molar-refractivity contribution is -0.121. The lowest BCUT2D eigenvalue weighted by Gasteiger charge is -1.96. The highest BCUT2D eigenvalue weighted by molar-refractivity contribution is 9.10. The quantitative estimate of drug-likeness (QED) is 0.662. The molecule has 3 nitrogen and oxygen atoms in total. The highest BCUT2D eigenvalue weighted by atomic mass is 79.9. The summed E-state index contributed by atoms with van der Waals surface area (Å²) < 4.78 is 1.02. The SMILES string of the molecule is CCCC(=O)N/N=C\c1ccc(Br)cc1. The van der Waals surface area contributed by atoms with Gasteiger partial charge in [0.25, 0.3) is 0 Å². The molecule has 0 fully saturated rings. The van der Waals surface area contributed by atoms with Crippen molar-refractivity contribution in [2.24, 2.45) is 5.10 Å². The first-order chi connectivity index (χ1) is 7.22. The Morgan fingerprint density at radius 1 is 1.47 bits per heavy atom. The molecule has 80 valence electrons. The summed E-state index contributed by atoms with van der Waals surface area (Å²) in [7, 11) is 0. The van der Waals surface area contributed by atoms with Gasteiger partial charge >= 0.3 is 0 Å². The number of carbonyl (C=O) groups is 1. The van der Waals surface area contributed by atoms with Crippen LogP contribution in [-0.2, 0) is 4.79 Å². The molecule has 0 saturated carbocycles. The molecule has 0 atom stereocenters. The average molecular weight is 269 g/mol. The Kier molecular flexibility index (Phi) is 5.04. The van der Waals surface area contributed by atoms with Crippen LogP contribution in [0.5, 0.6) is 0 Å². The smallest absolute Gasteiger partial charge is 0.240 e. The van der Waals surface area contributed by atoms with Gasteiger partial charge in [0.1, 0.15) is 0 Å². The second kappa shape index (κ2) is 6.35. The van der Waals surface area contributed by atoms with Crippen LogP contribution in [-0.4, -0.2) is 12.1 Å². The van der Waals surface area contributed by atoms with Crippen molar-refractivity contribution in [3.8, 4) is 0 Å². The van der Waals surface area contributed by atoms with Gasteiger partial charge in [-0.3, -0.25) is 4.79 Å². The molecule has 0 aliphatic rings. The maximum Gasteiger partial charge on any atom is 0.240 e. The van der Waals surface area contributed by atoms with Crippen LogP contribution in [0.3, 0.4) is 0 Å². The first-order valence-corrected chi connectivity index (χ1v) is 5.59. The van der Waals surface area contributed by atoms with Crippen LogP contribution in [0.2, 0.25) is 0 Å². The summed E-state index contributed by atoms with van der Waals surface area (Å²) >= 11 is 3.34. The van der Waals surface area contributed by atoms with Crippen molar-refractivity contribution in [2.75, 3.05) is 0 Å². The molecule has 0 radical (unpaired) electrons. The van der Waals surface area contributed by atoms with Crippen molar-refractivity contribution in [3.63, 3.8) is 0 Å². The van der Waals surface area contributed by atoms with E-state index in [1.165, 1.54) is 0 Å². The molecule has 0 unspecified atom stereocenters. The van der Waals surface area contributed by atoms with Crippen molar-refractivity contribution in [1.82, 2.24) is 5.43 Å². The fourth-order valence-corrected chi connectivity index (χ4v) is 1.27. The first-order valence-electron chi connectivity index (χ1n) is 4.80. The highest BCUT2D eigenvalue weighted by Gasteiger charge is 1.94. The summed E-state index contributed by atoms with van der Waals surface area (Å²) in [6, 6.07) is 7.68. The summed E-state index contributed by atoms with van der Waals surface area (Å²) in [6.07, 6.45) is 2.97. The fourth-order valence-electron chi connectivity index (χ4n) is 1.01. The van der Waals surface area contributed by atoms with Gasteiger partial charge in [-0.05, 0) is 24.1 Å². The minimum atomic E-state index is -0.0501. The number of hydrogen-bond donors (Lipinski definition) is 1. The van der Waals surface area contributed by atoms with E-state index in [0.717, 1.165) is 16.5 Å². The van der Waals surface area contributed by atoms with Crippen LogP contribution in [0.1, 0.15) is 25.3 Å². The molecule has 15 heavy (non-hydrogen) atoms. The van der Waals surface area contributed by atoms with E-state index in [4.69, 9.17) is 0 Å². The first kappa shape index (κ1) is 11.9. The van der Waals surface area contributed by atoms with Gasteiger partial charge in [0.15, 0.2) is 0 Å². The van der Waals surface area contributed by atoms with E-state index < -0.39 is 0 Å². The predicted octanol–water partition coefficient (Wildman–Crippen LogP) is 2.70. The van der Waals surface area contributed by atoms with Gasteiger partial charge in [0, 0.05) is 10.9 Å². The lowest BCUT2D eigenvalue weighted by Crippen LogP contribution is -2.16. The molecule has 1 aromatic carbocycles. The Bertz CT molecular complexity index is 346. The fraction of sp³-hybridized carbons (Fsp3) is 0.273. The summed E-state index contributed by atoms with van der Waals surface area (Å²) in [4.78, 5) is 11.1. The van der Waals surface area contributed by atoms with Crippen LogP contribution in [0, 0.1) is 0 Å². The van der Waals surface area contributed by atoms with Crippen LogP contribution >= 0.6 is 15.9 Å². The van der Waals surface area contributed by atoms with Gasteiger partial charge in [0.2, 0.25) is 5.91 Å². The van der Waals surface area contributed by atoms with E-state index in [2.05, 4.69) is 26.5 Å². The Balaban J connectivity index is 2.44. The lowest BCUT2D eigenvalue weighted by atomic mass is 10.2. The van der Waals surface area contributed by atoms with E-state index in [1.807, 2.05) is 31.2 Å². The number of amides is 1. The minimum Gasteiger partial charge on any atom is -0.273 e. The Morgan fingerprint density at radius 3 is 2.73 bits per heavy atom. The van der Waals surface area contributed by atoms with Crippen molar-refractivity contribution in [3.05, 3.63) is 34.3 Å². The standard InChI is InChI=1S/C11H13BrN2O/c1-2-3-11(15)14-13-8-9-4-6-10(12)7-5-9/h4-8H,2-3H2,1H3,(H,14,15)/b13-8-. The number of rotatable bonds is 4. The molecule has 4 heteroatoms. The highest BCUT2D eigenvalue weighted by Crippen LogP contribution is 2.08. The minimum absolute atomic E-state index is 0.0501. The second-order valence-electron chi connectivity index (χ2n) is 3.09. The third kappa shape index (κ3) is 4.74. The van der Waals surface area contributed by atoms with Crippen molar-refractivity contribution in [1.29, 1.82) is 0 Å². The van der Waals surface area contributed by atoms with Crippen LogP contribution in [0.15, 0.2) is 33.8 Å². The van der Waals surface area contributed by atoms with Crippen LogP contribution < -0.4 is 5.43 Å². The van der Waals surface area contributed by atoms with Gasteiger partial charge in [-0.15, -0.1) is 0 Å². The van der Waals surface area contributed by atoms with E-state index in [9.17, 15) is 4.79 Å². The number of carbonyl (C=O) groups excluding carboxylic acids is 1. The summed E-state index contributed by atoms with van der Waals surface area (Å²) in [5.41, 5.74) is 3.42. The van der Waals surface area contributed by atoms with E-state index in [-0.39, 0.29) is 5.91 Å². The molecule has 0 aliphatic heterocycles. The summed E-state index contributed by atoms with van der Waals surface area (Å²) in [6.45, 7) is 1.96. The third-order valence-electron chi connectivity index (χ3n) is 1.75. The molecule has 0 spiro atoms. The van der Waals surface area contributed by atoms with E-state index in [1.54, 1.807) is 6.21 Å². The zero-order chi connectivity index (χ0) is 11.1. The molecule has 0 aromatic heterocycles. The Morgan fingerprint density at radius 2 is 2.13 bits per heavy atom. The van der Waals surface area contributed by atoms with Gasteiger partial charge in [-0.25, -0.2) is 5.43 Å². The molecule has 0 saturated heterocycles. The summed E-state index contributed by atoms with van der Waals surface area (Å²) in [5, 5.41) is 3.85. The molecular weight excluding hydrogens is 256 g/mol. The van der Waals surface area contributed by atoms with Gasteiger partial charge in [0.05, 0.1) is 6.21 Å². The average Bonchev–Trinajstić information content (AvgIpc) is 2.21. The van der Waals surface area contributed by atoms with Crippen LogP contribution in [0.25, 0.3) is 0 Å². The number of benzene rings is 1. The van der Waals surface area contributed by atoms with Gasteiger partial charge < -0.3 is 0 Å². The molecule has 1 amide bonds. The number of halogens is 1.